The Kier molecular flexibility index (Phi) is 12.0. The number of aliphatic hydroxyl groups excluding tert-OH is 2. The average molecular weight is 214 g/mol. The fourth-order valence-corrected chi connectivity index (χ4v) is 0.224. The van der Waals surface area contributed by atoms with Crippen LogP contribution >= 0.6 is 0 Å². The van der Waals surface area contributed by atoms with Crippen molar-refractivity contribution in [2.45, 2.75) is 0 Å². The lowest BCUT2D eigenvalue weighted by atomic mass is 10.8. The summed E-state index contributed by atoms with van der Waals surface area (Å²) >= 11 is 0. The van der Waals surface area contributed by atoms with E-state index in [2.05, 4.69) is 9.68 Å². The van der Waals surface area contributed by atoms with Crippen LogP contribution in [0.5, 0.6) is 0 Å². The van der Waals surface area contributed by atoms with Gasteiger partial charge in [0, 0.05) is 0 Å². The maximum Gasteiger partial charge on any atom is 0.294 e. The van der Waals surface area contributed by atoms with E-state index in [1.807, 2.05) is 0 Å². The van der Waals surface area contributed by atoms with E-state index in [9.17, 15) is 20.2 Å². The Morgan fingerprint density at radius 3 is 1.36 bits per heavy atom. The van der Waals surface area contributed by atoms with Crippen LogP contribution in [0.25, 0.3) is 0 Å². The van der Waals surface area contributed by atoms with Gasteiger partial charge in [0.05, 0.1) is 13.2 Å². The van der Waals surface area contributed by atoms with Gasteiger partial charge in [-0.15, -0.1) is 20.2 Å². The molecule has 0 saturated heterocycles. The standard InChI is InChI=1S/C2H4N2O6.C2H6O2/c5-3(6)9-1-2-10-4(7)8;3-1-2-4/h1-2H2;3-4H,1-2H2. The van der Waals surface area contributed by atoms with Gasteiger partial charge in [0.1, 0.15) is 13.2 Å². The predicted molar refractivity (Wildman–Crippen MR) is 40.1 cm³/mol. The number of aliphatic hydroxyl groups is 2. The first kappa shape index (κ1) is 14.8. The van der Waals surface area contributed by atoms with Crippen molar-refractivity contribution < 1.29 is 30.1 Å². The molecule has 0 unspecified atom stereocenters. The highest BCUT2D eigenvalue weighted by Crippen LogP contribution is 1.77. The Morgan fingerprint density at radius 1 is 0.929 bits per heavy atom. The largest absolute Gasteiger partial charge is 0.394 e. The van der Waals surface area contributed by atoms with Crippen molar-refractivity contribution in [2.75, 3.05) is 26.4 Å². The van der Waals surface area contributed by atoms with Gasteiger partial charge in [-0.25, -0.2) is 0 Å². The molecular weight excluding hydrogens is 204 g/mol. The van der Waals surface area contributed by atoms with E-state index in [1.165, 1.54) is 0 Å². The molecule has 0 radical (unpaired) electrons. The highest BCUT2D eigenvalue weighted by Gasteiger charge is 1.96. The van der Waals surface area contributed by atoms with Crippen molar-refractivity contribution in [1.29, 1.82) is 0 Å². The van der Waals surface area contributed by atoms with Crippen molar-refractivity contribution >= 4 is 0 Å². The molecule has 0 aromatic heterocycles. The lowest BCUT2D eigenvalue weighted by Gasteiger charge is -1.95. The first-order chi connectivity index (χ1) is 6.54. The van der Waals surface area contributed by atoms with E-state index >= 15 is 0 Å². The lowest BCUT2D eigenvalue weighted by molar-refractivity contribution is -0.780. The third kappa shape index (κ3) is 22.4. The predicted octanol–water partition coefficient (Wildman–Crippen LogP) is -1.63. The molecule has 0 saturated carbocycles. The lowest BCUT2D eigenvalue weighted by Crippen LogP contribution is -2.11. The molecule has 2 N–H and O–H groups in total. The summed E-state index contributed by atoms with van der Waals surface area (Å²) in [6, 6.07) is 0. The molecule has 0 rings (SSSR count). The summed E-state index contributed by atoms with van der Waals surface area (Å²) in [6.45, 7) is -1.12. The first-order valence-electron chi connectivity index (χ1n) is 3.31. The van der Waals surface area contributed by atoms with Gasteiger partial charge in [-0.05, 0) is 0 Å². The minimum Gasteiger partial charge on any atom is -0.394 e. The van der Waals surface area contributed by atoms with Crippen LogP contribution in [0.1, 0.15) is 0 Å². The van der Waals surface area contributed by atoms with Crippen LogP contribution in [0.2, 0.25) is 0 Å². The summed E-state index contributed by atoms with van der Waals surface area (Å²) in [5, 5.41) is 31.9. The summed E-state index contributed by atoms with van der Waals surface area (Å²) in [5.74, 6) is 0. The van der Waals surface area contributed by atoms with Gasteiger partial charge in [-0.1, -0.05) is 0 Å². The highest BCUT2D eigenvalue weighted by atomic mass is 17.0. The number of nitrogens with zero attached hydrogens (tertiary/aromatic N) is 2. The summed E-state index contributed by atoms with van der Waals surface area (Å²) in [7, 11) is 0. The van der Waals surface area contributed by atoms with Crippen molar-refractivity contribution in [3.63, 3.8) is 0 Å². The Bertz CT molecular complexity index is 143. The monoisotopic (exact) mass is 214 g/mol. The van der Waals surface area contributed by atoms with Crippen molar-refractivity contribution in [1.82, 2.24) is 0 Å². The van der Waals surface area contributed by atoms with E-state index in [4.69, 9.17) is 10.2 Å². The molecular formula is C4H10N2O8. The zero-order valence-electron chi connectivity index (χ0n) is 7.07. The molecule has 14 heavy (non-hydrogen) atoms. The molecule has 0 bridgehead atoms. The van der Waals surface area contributed by atoms with Crippen molar-refractivity contribution in [3.05, 3.63) is 20.2 Å². The summed E-state index contributed by atoms with van der Waals surface area (Å²) < 4.78 is 0. The highest BCUT2D eigenvalue weighted by molar-refractivity contribution is 4.15. The number of hydrogen-bond donors (Lipinski definition) is 2. The second-order valence-electron chi connectivity index (χ2n) is 1.56. The molecule has 0 aliphatic carbocycles. The topological polar surface area (TPSA) is 145 Å². The Labute approximate surface area is 77.9 Å². The molecule has 0 heterocycles. The molecule has 0 aliphatic heterocycles. The smallest absolute Gasteiger partial charge is 0.294 e. The van der Waals surface area contributed by atoms with E-state index in [1.54, 1.807) is 0 Å². The van der Waals surface area contributed by atoms with Crippen molar-refractivity contribution in [2.24, 2.45) is 0 Å². The van der Waals surface area contributed by atoms with Crippen LogP contribution in [0, 0.1) is 20.2 Å². The SMILES string of the molecule is O=[N+]([O-])OCCO[N+](=O)[O-].OCCO. The minimum atomic E-state index is -1.05. The molecule has 0 aromatic rings. The molecule has 0 fully saturated rings. The number of rotatable bonds is 6. The quantitative estimate of drug-likeness (QED) is 0.304. The Morgan fingerprint density at radius 2 is 1.21 bits per heavy atom. The van der Waals surface area contributed by atoms with E-state index in [0.29, 0.717) is 0 Å². The molecule has 0 aromatic carbocycles. The Hall–Kier alpha value is -1.68. The van der Waals surface area contributed by atoms with Gasteiger partial charge < -0.3 is 19.9 Å². The molecule has 84 valence electrons. The summed E-state index contributed by atoms with van der Waals surface area (Å²) in [6.07, 6.45) is 0. The second kappa shape index (κ2) is 11.3. The zero-order chi connectivity index (χ0) is 11.4. The van der Waals surface area contributed by atoms with Gasteiger partial charge in [0.25, 0.3) is 10.2 Å². The van der Waals surface area contributed by atoms with Crippen LogP contribution in [0.3, 0.4) is 0 Å². The maximum absolute atomic E-state index is 9.40. The molecule has 0 spiro atoms. The van der Waals surface area contributed by atoms with Crippen LogP contribution in [0.4, 0.5) is 0 Å². The van der Waals surface area contributed by atoms with Gasteiger partial charge >= 0.3 is 0 Å². The minimum absolute atomic E-state index is 0.125. The van der Waals surface area contributed by atoms with Crippen LogP contribution < -0.4 is 0 Å². The average Bonchev–Trinajstić information content (AvgIpc) is 2.12. The zero-order valence-corrected chi connectivity index (χ0v) is 7.07. The molecule has 0 aliphatic rings. The second-order valence-corrected chi connectivity index (χ2v) is 1.56. The molecule has 0 atom stereocenters. The van der Waals surface area contributed by atoms with E-state index in [0.717, 1.165) is 0 Å². The van der Waals surface area contributed by atoms with Gasteiger partial charge in [-0.2, -0.15) is 0 Å². The summed E-state index contributed by atoms with van der Waals surface area (Å²) in [5.41, 5.74) is 0. The fourth-order valence-electron chi connectivity index (χ4n) is 0.224. The van der Waals surface area contributed by atoms with E-state index in [-0.39, 0.29) is 13.2 Å². The van der Waals surface area contributed by atoms with Crippen LogP contribution in [-0.4, -0.2) is 46.8 Å². The van der Waals surface area contributed by atoms with Gasteiger partial charge in [-0.3, -0.25) is 0 Å². The number of hydrogen-bond acceptors (Lipinski definition) is 8. The van der Waals surface area contributed by atoms with Gasteiger partial charge in [0.15, 0.2) is 0 Å². The van der Waals surface area contributed by atoms with Crippen LogP contribution in [-0.2, 0) is 9.68 Å². The molecule has 0 amide bonds. The Balaban J connectivity index is 0. The van der Waals surface area contributed by atoms with Crippen molar-refractivity contribution in [3.8, 4) is 0 Å². The third-order valence-corrected chi connectivity index (χ3v) is 0.577. The third-order valence-electron chi connectivity index (χ3n) is 0.577. The van der Waals surface area contributed by atoms with Crippen LogP contribution in [0.15, 0.2) is 0 Å². The molecule has 10 nitrogen and oxygen atoms in total. The molecule has 10 heteroatoms. The summed E-state index contributed by atoms with van der Waals surface area (Å²) in [4.78, 5) is 26.2. The fraction of sp³-hybridized carbons (Fsp3) is 1.00. The van der Waals surface area contributed by atoms with E-state index < -0.39 is 23.4 Å². The normalized spacial score (nSPS) is 8.14. The van der Waals surface area contributed by atoms with Gasteiger partial charge in [0.2, 0.25) is 0 Å². The first-order valence-corrected chi connectivity index (χ1v) is 3.31. The maximum atomic E-state index is 9.40.